The standard InChI is InChI=1S/C15H12ClN3S/c16-13-9-5-4-8-12(13)14-17-15(20)19(18-14)10-11-6-2-1-3-7-11/h1-9H,10H2,(H,17,18,20). The molecular weight excluding hydrogens is 290 g/mol. The average molecular weight is 302 g/mol. The molecule has 0 aliphatic carbocycles. The summed E-state index contributed by atoms with van der Waals surface area (Å²) in [5.41, 5.74) is 2.02. The summed E-state index contributed by atoms with van der Waals surface area (Å²) in [6.07, 6.45) is 0. The molecule has 1 aromatic heterocycles. The first-order chi connectivity index (χ1) is 9.74. The Morgan fingerprint density at radius 3 is 2.50 bits per heavy atom. The summed E-state index contributed by atoms with van der Waals surface area (Å²) >= 11 is 11.5. The molecule has 0 unspecified atom stereocenters. The van der Waals surface area contributed by atoms with Crippen LogP contribution in [0.15, 0.2) is 54.6 Å². The summed E-state index contributed by atoms with van der Waals surface area (Å²) in [5.74, 6) is 0.691. The highest BCUT2D eigenvalue weighted by atomic mass is 35.5. The zero-order valence-electron chi connectivity index (χ0n) is 10.6. The normalized spacial score (nSPS) is 10.7. The molecule has 0 bridgehead atoms. The lowest BCUT2D eigenvalue weighted by atomic mass is 10.2. The molecular formula is C15H12ClN3S. The van der Waals surface area contributed by atoms with Crippen LogP contribution in [-0.4, -0.2) is 14.8 Å². The maximum Gasteiger partial charge on any atom is 0.216 e. The molecule has 1 heterocycles. The van der Waals surface area contributed by atoms with E-state index in [-0.39, 0.29) is 0 Å². The van der Waals surface area contributed by atoms with E-state index >= 15 is 0 Å². The quantitative estimate of drug-likeness (QED) is 0.731. The SMILES string of the molecule is S=c1nc(-c2ccccc2Cl)[nH]n1Cc1ccccc1. The molecule has 0 amide bonds. The van der Waals surface area contributed by atoms with Crippen LogP contribution in [0.5, 0.6) is 0 Å². The zero-order valence-corrected chi connectivity index (χ0v) is 12.2. The van der Waals surface area contributed by atoms with Gasteiger partial charge in [0, 0.05) is 5.56 Å². The number of aromatic nitrogens is 3. The fraction of sp³-hybridized carbons (Fsp3) is 0.0667. The van der Waals surface area contributed by atoms with Gasteiger partial charge in [0.05, 0.1) is 11.6 Å². The van der Waals surface area contributed by atoms with E-state index in [2.05, 4.69) is 22.2 Å². The van der Waals surface area contributed by atoms with Gasteiger partial charge in [-0.25, -0.2) is 0 Å². The second-order valence-electron chi connectivity index (χ2n) is 4.41. The highest BCUT2D eigenvalue weighted by molar-refractivity contribution is 7.71. The third kappa shape index (κ3) is 2.66. The number of aromatic amines is 1. The van der Waals surface area contributed by atoms with Crippen molar-refractivity contribution in [3.05, 3.63) is 70.0 Å². The molecule has 5 heteroatoms. The Bertz CT molecular complexity index is 777. The van der Waals surface area contributed by atoms with Gasteiger partial charge in [0.1, 0.15) is 0 Å². The van der Waals surface area contributed by atoms with Gasteiger partial charge in [-0.2, -0.15) is 4.98 Å². The lowest BCUT2D eigenvalue weighted by molar-refractivity contribution is 0.677. The molecule has 0 fully saturated rings. The van der Waals surface area contributed by atoms with Gasteiger partial charge in [-0.05, 0) is 29.9 Å². The fourth-order valence-electron chi connectivity index (χ4n) is 2.00. The predicted molar refractivity (Wildman–Crippen MR) is 83.4 cm³/mol. The summed E-state index contributed by atoms with van der Waals surface area (Å²) in [4.78, 5) is 4.38. The summed E-state index contributed by atoms with van der Waals surface area (Å²) < 4.78 is 2.35. The topological polar surface area (TPSA) is 33.6 Å². The van der Waals surface area contributed by atoms with Crippen molar-refractivity contribution >= 4 is 23.8 Å². The van der Waals surface area contributed by atoms with E-state index in [9.17, 15) is 0 Å². The van der Waals surface area contributed by atoms with E-state index in [1.54, 1.807) is 0 Å². The van der Waals surface area contributed by atoms with Crippen LogP contribution in [0.2, 0.25) is 5.02 Å². The minimum absolute atomic E-state index is 0.517. The molecule has 0 atom stereocenters. The first kappa shape index (κ1) is 13.1. The average Bonchev–Trinajstić information content (AvgIpc) is 2.81. The number of hydrogen-bond donors (Lipinski definition) is 1. The molecule has 0 aliphatic rings. The summed E-state index contributed by atoms with van der Waals surface area (Å²) in [5, 5.41) is 3.86. The van der Waals surface area contributed by atoms with Crippen LogP contribution in [0.4, 0.5) is 0 Å². The van der Waals surface area contributed by atoms with Gasteiger partial charge in [0.2, 0.25) is 4.77 Å². The van der Waals surface area contributed by atoms with Crippen LogP contribution in [0.3, 0.4) is 0 Å². The van der Waals surface area contributed by atoms with E-state index < -0.39 is 0 Å². The molecule has 20 heavy (non-hydrogen) atoms. The van der Waals surface area contributed by atoms with Crippen molar-refractivity contribution in [3.8, 4) is 11.4 Å². The molecule has 3 rings (SSSR count). The number of hydrogen-bond acceptors (Lipinski definition) is 2. The Morgan fingerprint density at radius 1 is 1.05 bits per heavy atom. The molecule has 3 nitrogen and oxygen atoms in total. The van der Waals surface area contributed by atoms with Crippen molar-refractivity contribution in [2.24, 2.45) is 0 Å². The zero-order chi connectivity index (χ0) is 13.9. The number of halogens is 1. The lowest BCUT2D eigenvalue weighted by Gasteiger charge is -2.02. The second kappa shape index (κ2) is 5.61. The largest absolute Gasteiger partial charge is 0.279 e. The van der Waals surface area contributed by atoms with Gasteiger partial charge in [0.25, 0.3) is 0 Å². The van der Waals surface area contributed by atoms with E-state index in [0.717, 1.165) is 11.1 Å². The van der Waals surface area contributed by atoms with Gasteiger partial charge >= 0.3 is 0 Å². The molecule has 0 spiro atoms. The fourth-order valence-corrected chi connectivity index (χ4v) is 2.43. The van der Waals surface area contributed by atoms with E-state index in [4.69, 9.17) is 23.8 Å². The van der Waals surface area contributed by atoms with E-state index in [1.165, 1.54) is 0 Å². The van der Waals surface area contributed by atoms with Crippen molar-refractivity contribution < 1.29 is 0 Å². The lowest BCUT2D eigenvalue weighted by Crippen LogP contribution is -2.01. The number of nitrogens with zero attached hydrogens (tertiary/aromatic N) is 2. The van der Waals surface area contributed by atoms with Gasteiger partial charge in [-0.1, -0.05) is 54.1 Å². The Hall–Kier alpha value is -1.91. The van der Waals surface area contributed by atoms with Crippen molar-refractivity contribution in [3.63, 3.8) is 0 Å². The van der Waals surface area contributed by atoms with Crippen LogP contribution in [0.1, 0.15) is 5.56 Å². The smallest absolute Gasteiger partial charge is 0.216 e. The molecule has 100 valence electrons. The molecule has 2 aromatic carbocycles. The molecule has 3 aromatic rings. The van der Waals surface area contributed by atoms with Gasteiger partial charge in [0.15, 0.2) is 5.82 Å². The monoisotopic (exact) mass is 301 g/mol. The van der Waals surface area contributed by atoms with E-state index in [1.807, 2.05) is 47.1 Å². The Balaban J connectivity index is 1.96. The van der Waals surface area contributed by atoms with E-state index in [0.29, 0.717) is 22.2 Å². The number of rotatable bonds is 3. The van der Waals surface area contributed by atoms with Crippen LogP contribution < -0.4 is 0 Å². The second-order valence-corrected chi connectivity index (χ2v) is 5.18. The maximum atomic E-state index is 6.18. The van der Waals surface area contributed by atoms with Crippen molar-refractivity contribution in [1.29, 1.82) is 0 Å². The minimum Gasteiger partial charge on any atom is -0.279 e. The van der Waals surface area contributed by atoms with Gasteiger partial charge in [-0.3, -0.25) is 9.78 Å². The highest BCUT2D eigenvalue weighted by Gasteiger charge is 2.08. The highest BCUT2D eigenvalue weighted by Crippen LogP contribution is 2.24. The number of nitrogens with one attached hydrogen (secondary N) is 1. The first-order valence-electron chi connectivity index (χ1n) is 6.20. The third-order valence-corrected chi connectivity index (χ3v) is 3.63. The van der Waals surface area contributed by atoms with Crippen LogP contribution in [-0.2, 0) is 6.54 Å². The Morgan fingerprint density at radius 2 is 1.75 bits per heavy atom. The molecule has 1 N–H and O–H groups in total. The van der Waals surface area contributed by atoms with Crippen LogP contribution in [0, 0.1) is 4.77 Å². The van der Waals surface area contributed by atoms with Crippen molar-refractivity contribution in [1.82, 2.24) is 14.8 Å². The predicted octanol–water partition coefficient (Wildman–Crippen LogP) is 4.31. The van der Waals surface area contributed by atoms with Gasteiger partial charge < -0.3 is 0 Å². The molecule has 0 saturated carbocycles. The van der Waals surface area contributed by atoms with Crippen molar-refractivity contribution in [2.45, 2.75) is 6.54 Å². The molecule has 0 radical (unpaired) electrons. The summed E-state index contributed by atoms with van der Waals surface area (Å²) in [6, 6.07) is 17.7. The molecule has 0 saturated heterocycles. The van der Waals surface area contributed by atoms with Crippen LogP contribution in [0.25, 0.3) is 11.4 Å². The first-order valence-corrected chi connectivity index (χ1v) is 6.98. The summed E-state index contributed by atoms with van der Waals surface area (Å²) in [7, 11) is 0. The third-order valence-electron chi connectivity index (χ3n) is 2.99. The minimum atomic E-state index is 0.517. The Kier molecular flexibility index (Phi) is 3.67. The van der Waals surface area contributed by atoms with Gasteiger partial charge in [-0.15, -0.1) is 0 Å². The summed E-state index contributed by atoms with van der Waals surface area (Å²) in [6.45, 7) is 0.664. The maximum absolute atomic E-state index is 6.18. The Labute approximate surface area is 126 Å². The molecule has 0 aliphatic heterocycles. The van der Waals surface area contributed by atoms with Crippen molar-refractivity contribution in [2.75, 3.05) is 0 Å². The number of benzene rings is 2. The number of H-pyrrole nitrogens is 1. The van der Waals surface area contributed by atoms with Crippen LogP contribution >= 0.6 is 23.8 Å².